The van der Waals surface area contributed by atoms with Gasteiger partial charge in [0, 0.05) is 5.56 Å². The number of aromatic amines is 1. The maximum absolute atomic E-state index is 5.21. The summed E-state index contributed by atoms with van der Waals surface area (Å²) >= 11 is 0. The van der Waals surface area contributed by atoms with E-state index in [4.69, 9.17) is 4.74 Å². The van der Waals surface area contributed by atoms with Crippen molar-refractivity contribution in [2.75, 3.05) is 12.4 Å². The fourth-order valence-electron chi connectivity index (χ4n) is 3.50. The Labute approximate surface area is 179 Å². The van der Waals surface area contributed by atoms with E-state index in [1.165, 1.54) is 0 Å². The molecule has 7 nitrogen and oxygen atoms in total. The molecule has 0 bridgehead atoms. The number of aromatic nitrogens is 5. The van der Waals surface area contributed by atoms with E-state index in [2.05, 4.69) is 48.9 Å². The van der Waals surface area contributed by atoms with Gasteiger partial charge in [0.2, 0.25) is 5.95 Å². The molecular formula is C24H20N6O. The van der Waals surface area contributed by atoms with Crippen LogP contribution in [-0.2, 0) is 6.54 Å². The minimum absolute atomic E-state index is 0.458. The second kappa shape index (κ2) is 8.23. The molecule has 3 aromatic carbocycles. The van der Waals surface area contributed by atoms with E-state index in [1.807, 2.05) is 54.6 Å². The lowest BCUT2D eigenvalue weighted by Gasteiger charge is -2.07. The van der Waals surface area contributed by atoms with Crippen LogP contribution in [-0.4, -0.2) is 32.5 Å². The predicted molar refractivity (Wildman–Crippen MR) is 121 cm³/mol. The summed E-state index contributed by atoms with van der Waals surface area (Å²) < 4.78 is 5.21. The third-order valence-electron chi connectivity index (χ3n) is 5.08. The average Bonchev–Trinajstić information content (AvgIpc) is 3.32. The van der Waals surface area contributed by atoms with Gasteiger partial charge < -0.3 is 10.1 Å². The SMILES string of the molecule is COc1ccc(-c2cc(CNc3nncc(-c4cccc5ccccc45)n3)n[nH]2)cc1. The van der Waals surface area contributed by atoms with Crippen LogP contribution in [0.4, 0.5) is 5.95 Å². The number of benzene rings is 3. The van der Waals surface area contributed by atoms with E-state index in [1.54, 1.807) is 13.3 Å². The molecule has 152 valence electrons. The highest BCUT2D eigenvalue weighted by Gasteiger charge is 2.09. The van der Waals surface area contributed by atoms with Crippen molar-refractivity contribution in [3.8, 4) is 28.3 Å². The maximum Gasteiger partial charge on any atom is 0.243 e. The number of nitrogens with zero attached hydrogens (tertiary/aromatic N) is 4. The van der Waals surface area contributed by atoms with E-state index < -0.39 is 0 Å². The van der Waals surface area contributed by atoms with Gasteiger partial charge in [-0.2, -0.15) is 10.2 Å². The molecule has 7 heteroatoms. The van der Waals surface area contributed by atoms with Crippen LogP contribution in [0.25, 0.3) is 33.3 Å². The highest BCUT2D eigenvalue weighted by atomic mass is 16.5. The average molecular weight is 408 g/mol. The van der Waals surface area contributed by atoms with Gasteiger partial charge in [0.1, 0.15) is 5.75 Å². The molecule has 0 fully saturated rings. The lowest BCUT2D eigenvalue weighted by Crippen LogP contribution is -2.05. The molecule has 0 spiro atoms. The van der Waals surface area contributed by atoms with Gasteiger partial charge in [0.15, 0.2) is 0 Å². The van der Waals surface area contributed by atoms with Crippen LogP contribution in [0.2, 0.25) is 0 Å². The highest BCUT2D eigenvalue weighted by Crippen LogP contribution is 2.27. The molecule has 0 atom stereocenters. The summed E-state index contributed by atoms with van der Waals surface area (Å²) in [6.07, 6.45) is 1.68. The van der Waals surface area contributed by atoms with Crippen LogP contribution in [0.5, 0.6) is 5.75 Å². The van der Waals surface area contributed by atoms with E-state index in [9.17, 15) is 0 Å². The number of rotatable bonds is 6. The van der Waals surface area contributed by atoms with Crippen molar-refractivity contribution < 1.29 is 4.74 Å². The fourth-order valence-corrected chi connectivity index (χ4v) is 3.50. The minimum atomic E-state index is 0.458. The molecule has 0 unspecified atom stereocenters. The third-order valence-corrected chi connectivity index (χ3v) is 5.08. The summed E-state index contributed by atoms with van der Waals surface area (Å²) in [4.78, 5) is 4.66. The van der Waals surface area contributed by atoms with E-state index >= 15 is 0 Å². The van der Waals surface area contributed by atoms with Crippen LogP contribution >= 0.6 is 0 Å². The summed E-state index contributed by atoms with van der Waals surface area (Å²) in [6, 6.07) is 24.2. The Morgan fingerprint density at radius 3 is 2.68 bits per heavy atom. The van der Waals surface area contributed by atoms with E-state index in [0.29, 0.717) is 12.5 Å². The number of ether oxygens (including phenoxy) is 1. The number of nitrogens with one attached hydrogen (secondary N) is 2. The molecule has 0 aliphatic rings. The van der Waals surface area contributed by atoms with Crippen molar-refractivity contribution in [1.29, 1.82) is 0 Å². The Morgan fingerprint density at radius 1 is 0.968 bits per heavy atom. The number of hydrogen-bond donors (Lipinski definition) is 2. The summed E-state index contributed by atoms with van der Waals surface area (Å²) in [7, 11) is 1.65. The molecule has 31 heavy (non-hydrogen) atoms. The van der Waals surface area contributed by atoms with Gasteiger partial charge in [-0.25, -0.2) is 4.98 Å². The number of hydrogen-bond acceptors (Lipinski definition) is 6. The topological polar surface area (TPSA) is 88.6 Å². The number of anilines is 1. The molecular weight excluding hydrogens is 388 g/mol. The quantitative estimate of drug-likeness (QED) is 0.423. The van der Waals surface area contributed by atoms with Crippen molar-refractivity contribution in [1.82, 2.24) is 25.4 Å². The predicted octanol–water partition coefficient (Wildman–Crippen LogP) is 4.70. The van der Waals surface area contributed by atoms with Crippen molar-refractivity contribution in [3.63, 3.8) is 0 Å². The summed E-state index contributed by atoms with van der Waals surface area (Å²) in [6.45, 7) is 0.479. The fraction of sp³-hybridized carbons (Fsp3) is 0.0833. The first-order chi connectivity index (χ1) is 15.3. The Bertz CT molecular complexity index is 1320. The van der Waals surface area contributed by atoms with E-state index in [-0.39, 0.29) is 0 Å². The molecule has 0 saturated carbocycles. The van der Waals surface area contributed by atoms with Gasteiger partial charge in [0.25, 0.3) is 0 Å². The molecule has 0 aliphatic carbocycles. The standard InChI is InChI=1S/C24H20N6O/c1-31-19-11-9-17(10-12-19)22-13-18(28-29-22)14-25-24-27-23(15-26-30-24)21-8-4-6-16-5-2-3-7-20(16)21/h2-13,15H,14H2,1H3,(H,28,29)(H,25,27,30). The molecule has 2 aromatic heterocycles. The summed E-state index contributed by atoms with van der Waals surface area (Å²) in [5.74, 6) is 1.28. The zero-order valence-electron chi connectivity index (χ0n) is 16.9. The first-order valence-corrected chi connectivity index (χ1v) is 9.90. The van der Waals surface area contributed by atoms with Gasteiger partial charge in [-0.3, -0.25) is 5.10 Å². The normalized spacial score (nSPS) is 10.9. The molecule has 5 rings (SSSR count). The Kier molecular flexibility index (Phi) is 4.98. The second-order valence-electron chi connectivity index (χ2n) is 7.05. The molecule has 2 N–H and O–H groups in total. The largest absolute Gasteiger partial charge is 0.497 e. The summed E-state index contributed by atoms with van der Waals surface area (Å²) in [5, 5.41) is 21.2. The van der Waals surface area contributed by atoms with Gasteiger partial charge >= 0.3 is 0 Å². The third kappa shape index (κ3) is 3.93. The second-order valence-corrected chi connectivity index (χ2v) is 7.05. The minimum Gasteiger partial charge on any atom is -0.497 e. The van der Waals surface area contributed by atoms with E-state index in [0.717, 1.165) is 44.7 Å². The van der Waals surface area contributed by atoms with Gasteiger partial charge in [-0.15, -0.1) is 5.10 Å². The Morgan fingerprint density at radius 2 is 1.81 bits per heavy atom. The van der Waals surface area contributed by atoms with Crippen molar-refractivity contribution in [2.24, 2.45) is 0 Å². The highest BCUT2D eigenvalue weighted by molar-refractivity contribution is 5.95. The zero-order valence-corrected chi connectivity index (χ0v) is 16.9. The lowest BCUT2D eigenvalue weighted by molar-refractivity contribution is 0.415. The van der Waals surface area contributed by atoms with Crippen LogP contribution in [0.15, 0.2) is 79.0 Å². The van der Waals surface area contributed by atoms with Crippen molar-refractivity contribution >= 4 is 16.7 Å². The Balaban J connectivity index is 1.33. The number of methoxy groups -OCH3 is 1. The van der Waals surface area contributed by atoms with Gasteiger partial charge in [0.05, 0.1) is 36.9 Å². The molecule has 0 amide bonds. The number of fused-ring (bicyclic) bond motifs is 1. The van der Waals surface area contributed by atoms with Crippen LogP contribution in [0, 0.1) is 0 Å². The van der Waals surface area contributed by atoms with Gasteiger partial charge in [-0.05, 0) is 46.7 Å². The van der Waals surface area contributed by atoms with Crippen LogP contribution in [0.3, 0.4) is 0 Å². The molecule has 5 aromatic rings. The number of H-pyrrole nitrogens is 1. The smallest absolute Gasteiger partial charge is 0.243 e. The van der Waals surface area contributed by atoms with Crippen LogP contribution in [0.1, 0.15) is 5.69 Å². The molecule has 0 saturated heterocycles. The lowest BCUT2D eigenvalue weighted by atomic mass is 10.0. The van der Waals surface area contributed by atoms with Gasteiger partial charge in [-0.1, -0.05) is 42.5 Å². The monoisotopic (exact) mass is 408 g/mol. The first-order valence-electron chi connectivity index (χ1n) is 9.90. The zero-order chi connectivity index (χ0) is 21.0. The van der Waals surface area contributed by atoms with Crippen molar-refractivity contribution in [2.45, 2.75) is 6.54 Å². The summed E-state index contributed by atoms with van der Waals surface area (Å²) in [5.41, 5.74) is 4.62. The first kappa shape index (κ1) is 18.7. The molecule has 0 aliphatic heterocycles. The van der Waals surface area contributed by atoms with Crippen molar-refractivity contribution in [3.05, 3.63) is 84.7 Å². The molecule has 2 heterocycles. The van der Waals surface area contributed by atoms with Crippen LogP contribution < -0.4 is 10.1 Å². The molecule has 0 radical (unpaired) electrons. The Hall–Kier alpha value is -4.26. The maximum atomic E-state index is 5.21.